The van der Waals surface area contributed by atoms with Crippen molar-refractivity contribution in [1.29, 1.82) is 0 Å². The van der Waals surface area contributed by atoms with Crippen LogP contribution in [0.1, 0.15) is 47.2 Å². The number of aliphatic hydroxyl groups is 1. The molecule has 1 unspecified atom stereocenters. The van der Waals surface area contributed by atoms with E-state index in [0.29, 0.717) is 29.2 Å². The molecular formula is C36H36O11. The average molecular weight is 645 g/mol. The zero-order valence-electron chi connectivity index (χ0n) is 26.2. The van der Waals surface area contributed by atoms with Crippen LogP contribution in [0.4, 0.5) is 0 Å². The Labute approximate surface area is 272 Å². The van der Waals surface area contributed by atoms with Crippen LogP contribution in [0, 0.1) is 0 Å². The summed E-state index contributed by atoms with van der Waals surface area (Å²) in [4.78, 5) is 47.7. The van der Waals surface area contributed by atoms with Gasteiger partial charge in [-0.1, -0.05) is 32.2 Å². The highest BCUT2D eigenvalue weighted by molar-refractivity contribution is 5.94. The van der Waals surface area contributed by atoms with Gasteiger partial charge in [0.15, 0.2) is 0 Å². The molecule has 0 saturated carbocycles. The van der Waals surface area contributed by atoms with Gasteiger partial charge in [-0.25, -0.2) is 14.4 Å². The van der Waals surface area contributed by atoms with Gasteiger partial charge in [-0.3, -0.25) is 4.79 Å². The Balaban J connectivity index is 1.25. The number of fused-ring (bicyclic) bond motifs is 3. The SMILES string of the molecule is C=C(CO)C(=O)OCCOc1ccc2c(c1)C(C)c1cc(C(=O)Oc3ccc(OCCCOC(=O)C(=C)CC(=O)OC)cc3)ccc1-2. The molecule has 0 bridgehead atoms. The lowest BCUT2D eigenvalue weighted by molar-refractivity contribution is -0.144. The van der Waals surface area contributed by atoms with Crippen LogP contribution in [0.5, 0.6) is 17.2 Å². The fraction of sp³-hybridized carbons (Fsp3) is 0.278. The van der Waals surface area contributed by atoms with E-state index in [1.54, 1.807) is 30.3 Å². The Morgan fingerprint density at radius 2 is 1.32 bits per heavy atom. The number of methoxy groups -OCH3 is 1. The maximum Gasteiger partial charge on any atom is 0.343 e. The predicted octanol–water partition coefficient (Wildman–Crippen LogP) is 4.94. The molecule has 0 spiro atoms. The second-order valence-corrected chi connectivity index (χ2v) is 10.6. The van der Waals surface area contributed by atoms with Crippen molar-refractivity contribution in [2.75, 3.05) is 40.1 Å². The van der Waals surface area contributed by atoms with Crippen LogP contribution in [0.2, 0.25) is 0 Å². The fourth-order valence-electron chi connectivity index (χ4n) is 4.76. The Bertz CT molecular complexity index is 1660. The molecule has 246 valence electrons. The van der Waals surface area contributed by atoms with Gasteiger partial charge < -0.3 is 33.5 Å². The first-order valence-corrected chi connectivity index (χ1v) is 14.8. The lowest BCUT2D eigenvalue weighted by Crippen LogP contribution is -2.15. The molecule has 1 aliphatic rings. The van der Waals surface area contributed by atoms with Gasteiger partial charge in [0.25, 0.3) is 0 Å². The highest BCUT2D eigenvalue weighted by atomic mass is 16.6. The zero-order valence-corrected chi connectivity index (χ0v) is 26.2. The third kappa shape index (κ3) is 9.08. The summed E-state index contributed by atoms with van der Waals surface area (Å²) >= 11 is 0. The molecule has 0 amide bonds. The standard InChI is InChI=1S/C36H36O11/c1-22(18-33(38)42-4)34(39)45-15-5-14-43-26-7-9-27(10-8-26)47-36(41)25-6-12-29-30-13-11-28(20-32(30)24(3)31(29)19-25)44-16-17-46-35(40)23(2)21-37/h6-13,19-20,24,37H,1-2,5,14-18,21H2,3-4H3. The number of benzene rings is 3. The van der Waals surface area contributed by atoms with E-state index in [0.717, 1.165) is 22.3 Å². The maximum absolute atomic E-state index is 13.0. The smallest absolute Gasteiger partial charge is 0.343 e. The minimum atomic E-state index is -0.664. The molecule has 0 aliphatic heterocycles. The number of ether oxygens (including phenoxy) is 6. The summed E-state index contributed by atoms with van der Waals surface area (Å²) in [5.41, 5.74) is 4.52. The number of aliphatic hydroxyl groups excluding tert-OH is 1. The first-order chi connectivity index (χ1) is 22.6. The van der Waals surface area contributed by atoms with Crippen LogP contribution < -0.4 is 14.2 Å². The molecule has 0 fully saturated rings. The van der Waals surface area contributed by atoms with Gasteiger partial charge in [0.1, 0.15) is 30.5 Å². The number of carbonyl (C=O) groups excluding carboxylic acids is 4. The molecule has 1 N–H and O–H groups in total. The van der Waals surface area contributed by atoms with Crippen molar-refractivity contribution in [3.63, 3.8) is 0 Å². The van der Waals surface area contributed by atoms with E-state index in [2.05, 4.69) is 24.8 Å². The Kier molecular flexibility index (Phi) is 11.9. The normalized spacial score (nSPS) is 12.6. The van der Waals surface area contributed by atoms with Gasteiger partial charge in [-0.05, 0) is 70.8 Å². The highest BCUT2D eigenvalue weighted by Gasteiger charge is 2.27. The van der Waals surface area contributed by atoms with E-state index < -0.39 is 30.5 Å². The van der Waals surface area contributed by atoms with Gasteiger partial charge in [-0.15, -0.1) is 0 Å². The number of carbonyl (C=O) groups is 4. The van der Waals surface area contributed by atoms with Crippen LogP contribution in [0.25, 0.3) is 11.1 Å². The summed E-state index contributed by atoms with van der Waals surface area (Å²) in [5.74, 6) is -0.870. The number of rotatable bonds is 16. The third-order valence-corrected chi connectivity index (χ3v) is 7.30. The Morgan fingerprint density at radius 3 is 2.02 bits per heavy atom. The molecule has 1 aliphatic carbocycles. The van der Waals surface area contributed by atoms with Crippen molar-refractivity contribution in [2.24, 2.45) is 0 Å². The van der Waals surface area contributed by atoms with E-state index in [-0.39, 0.29) is 49.9 Å². The van der Waals surface area contributed by atoms with Crippen LogP contribution in [-0.4, -0.2) is 69.1 Å². The fourth-order valence-corrected chi connectivity index (χ4v) is 4.76. The third-order valence-electron chi connectivity index (χ3n) is 7.30. The van der Waals surface area contributed by atoms with Gasteiger partial charge in [0, 0.05) is 17.9 Å². The molecule has 47 heavy (non-hydrogen) atoms. The number of esters is 4. The lowest BCUT2D eigenvalue weighted by Gasteiger charge is -2.11. The minimum absolute atomic E-state index is 0.000592. The summed E-state index contributed by atoms with van der Waals surface area (Å²) in [6.07, 6.45) is 0.192. The van der Waals surface area contributed by atoms with Crippen LogP contribution in [-0.2, 0) is 28.6 Å². The number of hydrogen-bond donors (Lipinski definition) is 1. The van der Waals surface area contributed by atoms with Crippen molar-refractivity contribution in [3.8, 4) is 28.4 Å². The van der Waals surface area contributed by atoms with Crippen molar-refractivity contribution < 1.29 is 52.7 Å². The molecule has 11 heteroatoms. The van der Waals surface area contributed by atoms with Gasteiger partial charge >= 0.3 is 23.9 Å². The molecule has 3 aromatic rings. The average Bonchev–Trinajstić information content (AvgIpc) is 3.36. The van der Waals surface area contributed by atoms with Crippen molar-refractivity contribution in [3.05, 3.63) is 102 Å². The largest absolute Gasteiger partial charge is 0.493 e. The predicted molar refractivity (Wildman–Crippen MR) is 170 cm³/mol. The highest BCUT2D eigenvalue weighted by Crippen LogP contribution is 2.46. The first-order valence-electron chi connectivity index (χ1n) is 14.8. The second kappa shape index (κ2) is 16.2. The molecule has 4 rings (SSSR count). The molecule has 3 aromatic carbocycles. The van der Waals surface area contributed by atoms with E-state index in [4.69, 9.17) is 28.8 Å². The summed E-state index contributed by atoms with van der Waals surface area (Å²) in [7, 11) is 1.23. The van der Waals surface area contributed by atoms with Gasteiger partial charge in [0.2, 0.25) is 0 Å². The van der Waals surface area contributed by atoms with E-state index in [1.165, 1.54) is 7.11 Å². The maximum atomic E-state index is 13.0. The minimum Gasteiger partial charge on any atom is -0.493 e. The van der Waals surface area contributed by atoms with Crippen LogP contribution in [0.15, 0.2) is 85.0 Å². The summed E-state index contributed by atoms with van der Waals surface area (Å²) in [6.45, 7) is 9.07. The van der Waals surface area contributed by atoms with Crippen molar-refractivity contribution in [1.82, 2.24) is 0 Å². The summed E-state index contributed by atoms with van der Waals surface area (Å²) < 4.78 is 31.6. The molecule has 11 nitrogen and oxygen atoms in total. The zero-order chi connectivity index (χ0) is 33.9. The molecular weight excluding hydrogens is 608 g/mol. The van der Waals surface area contributed by atoms with E-state index in [1.807, 2.05) is 30.3 Å². The van der Waals surface area contributed by atoms with Crippen molar-refractivity contribution >= 4 is 23.9 Å². The quantitative estimate of drug-likeness (QED) is 0.0745. The van der Waals surface area contributed by atoms with E-state index in [9.17, 15) is 19.2 Å². The first kappa shape index (κ1) is 34.5. The lowest BCUT2D eigenvalue weighted by atomic mass is 9.98. The molecule has 0 saturated heterocycles. The monoisotopic (exact) mass is 644 g/mol. The van der Waals surface area contributed by atoms with Crippen LogP contribution in [0.3, 0.4) is 0 Å². The molecule has 0 radical (unpaired) electrons. The topological polar surface area (TPSA) is 144 Å². The second-order valence-electron chi connectivity index (χ2n) is 10.6. The number of hydrogen-bond acceptors (Lipinski definition) is 11. The van der Waals surface area contributed by atoms with E-state index >= 15 is 0 Å². The van der Waals surface area contributed by atoms with Gasteiger partial charge in [0.05, 0.1) is 44.5 Å². The molecule has 1 atom stereocenters. The van der Waals surface area contributed by atoms with Gasteiger partial charge in [-0.2, -0.15) is 0 Å². The molecule has 0 heterocycles. The summed E-state index contributed by atoms with van der Waals surface area (Å²) in [6, 6.07) is 17.8. The summed E-state index contributed by atoms with van der Waals surface area (Å²) in [5, 5.41) is 8.95. The Hall–Kier alpha value is -5.42. The molecule has 0 aromatic heterocycles. The van der Waals surface area contributed by atoms with Crippen LogP contribution >= 0.6 is 0 Å². The van der Waals surface area contributed by atoms with Crippen molar-refractivity contribution in [2.45, 2.75) is 25.7 Å². The Morgan fingerprint density at radius 1 is 0.723 bits per heavy atom.